The van der Waals surface area contributed by atoms with E-state index in [0.717, 1.165) is 44.9 Å². The molecule has 0 aromatic rings. The van der Waals surface area contributed by atoms with Crippen molar-refractivity contribution in [2.24, 2.45) is 0 Å². The normalized spacial score (nSPS) is 12.9. The van der Waals surface area contributed by atoms with Gasteiger partial charge < -0.3 is 20.3 Å². The van der Waals surface area contributed by atoms with Crippen molar-refractivity contribution in [3.05, 3.63) is 36.5 Å². The molecule has 0 heterocycles. The molecule has 1 amide bonds. The molecule has 2 atom stereocenters. The molecule has 0 rings (SSSR count). The van der Waals surface area contributed by atoms with E-state index < -0.39 is 12.1 Å². The molecule has 358 valence electrons. The van der Waals surface area contributed by atoms with E-state index in [0.29, 0.717) is 19.4 Å². The number of unbranched alkanes of at least 4 members (excludes halogenated alkanes) is 34. The maximum Gasteiger partial charge on any atom is 0.305 e. The Kier molecular flexibility index (Phi) is 49.1. The summed E-state index contributed by atoms with van der Waals surface area (Å²) in [5, 5.41) is 22.9. The molecule has 0 spiro atoms. The number of ether oxygens (including phenoxy) is 1. The first-order valence-corrected chi connectivity index (χ1v) is 26.8. The van der Waals surface area contributed by atoms with E-state index in [-0.39, 0.29) is 18.5 Å². The average Bonchev–Trinajstić information content (AvgIpc) is 3.26. The Labute approximate surface area is 379 Å². The quantitative estimate of drug-likeness (QED) is 0.0322. The van der Waals surface area contributed by atoms with E-state index in [9.17, 15) is 19.8 Å². The van der Waals surface area contributed by atoms with Gasteiger partial charge in [-0.15, -0.1) is 0 Å². The van der Waals surface area contributed by atoms with Gasteiger partial charge in [-0.3, -0.25) is 9.59 Å². The van der Waals surface area contributed by atoms with Crippen molar-refractivity contribution >= 4 is 11.9 Å². The SMILES string of the molecule is CCCC/C=C\CCCCCCCC(=O)OCCCCCCCCCCCCCC/C=C\CCCCCCCCCCC(=O)NC(CO)C(O)/C=C/CCCCCCCCC. The summed E-state index contributed by atoms with van der Waals surface area (Å²) in [6.07, 6.45) is 61.7. The number of carbonyl (C=O) groups is 2. The molecule has 2 unspecified atom stereocenters. The van der Waals surface area contributed by atoms with Crippen molar-refractivity contribution < 1.29 is 24.5 Å². The van der Waals surface area contributed by atoms with E-state index in [2.05, 4.69) is 43.5 Å². The molecule has 3 N–H and O–H groups in total. The Balaban J connectivity index is 3.40. The lowest BCUT2D eigenvalue weighted by Crippen LogP contribution is -2.45. The lowest BCUT2D eigenvalue weighted by atomic mass is 10.0. The zero-order valence-corrected chi connectivity index (χ0v) is 40.6. The second-order valence-corrected chi connectivity index (χ2v) is 18.2. The molecule has 0 aromatic heterocycles. The van der Waals surface area contributed by atoms with E-state index >= 15 is 0 Å². The summed E-state index contributed by atoms with van der Waals surface area (Å²) in [6.45, 7) is 4.83. The predicted molar refractivity (Wildman–Crippen MR) is 264 cm³/mol. The van der Waals surface area contributed by atoms with Gasteiger partial charge in [0, 0.05) is 12.8 Å². The minimum Gasteiger partial charge on any atom is -0.466 e. The molecule has 6 nitrogen and oxygen atoms in total. The standard InChI is InChI=1S/C55H103NO5/c1-3-5-7-9-11-13-28-33-37-41-45-49-55(60)61-50-46-42-38-34-30-27-25-23-21-19-17-15-14-16-18-20-22-24-26-29-32-36-40-44-48-54(59)56-52(51-57)53(58)47-43-39-35-31-12-10-8-6-4-2/h9,11,16,18,43,47,52-53,57-58H,3-8,10,12-15,17,19-42,44-46,48-51H2,1-2H3,(H,56,59)/b11-9-,18-16-,47-43+. The molecule has 61 heavy (non-hydrogen) atoms. The summed E-state index contributed by atoms with van der Waals surface area (Å²) in [6, 6.07) is -0.629. The minimum atomic E-state index is -0.845. The average molecular weight is 858 g/mol. The van der Waals surface area contributed by atoms with Gasteiger partial charge in [0.2, 0.25) is 5.91 Å². The Hall–Kier alpha value is -1.92. The van der Waals surface area contributed by atoms with E-state index in [1.807, 2.05) is 6.08 Å². The maximum atomic E-state index is 12.4. The van der Waals surface area contributed by atoms with Gasteiger partial charge in [-0.05, 0) is 77.0 Å². The summed E-state index contributed by atoms with van der Waals surface area (Å²) in [5.41, 5.74) is 0. The second kappa shape index (κ2) is 50.7. The number of rotatable bonds is 49. The molecule has 0 saturated heterocycles. The Morgan fingerprint density at radius 3 is 1.21 bits per heavy atom. The number of aliphatic hydroxyl groups excluding tert-OH is 2. The van der Waals surface area contributed by atoms with Gasteiger partial charge in [-0.25, -0.2) is 0 Å². The highest BCUT2D eigenvalue weighted by Crippen LogP contribution is 2.15. The number of esters is 1. The molecule has 0 bridgehead atoms. The molecule has 0 aliphatic heterocycles. The third-order valence-corrected chi connectivity index (χ3v) is 12.1. The molecule has 0 aliphatic carbocycles. The van der Waals surface area contributed by atoms with Gasteiger partial charge in [0.1, 0.15) is 0 Å². The summed E-state index contributed by atoms with van der Waals surface area (Å²) in [7, 11) is 0. The first-order valence-electron chi connectivity index (χ1n) is 26.8. The van der Waals surface area contributed by atoms with Crippen molar-refractivity contribution in [1.82, 2.24) is 5.32 Å². The Bertz CT molecular complexity index is 993. The highest BCUT2D eigenvalue weighted by molar-refractivity contribution is 5.76. The summed E-state index contributed by atoms with van der Waals surface area (Å²) in [5.74, 6) is -0.0757. The van der Waals surface area contributed by atoms with Crippen molar-refractivity contribution in [3.63, 3.8) is 0 Å². The van der Waals surface area contributed by atoms with Crippen LogP contribution in [-0.2, 0) is 14.3 Å². The molecule has 0 fully saturated rings. The highest BCUT2D eigenvalue weighted by atomic mass is 16.5. The summed E-state index contributed by atoms with van der Waals surface area (Å²) < 4.78 is 5.45. The van der Waals surface area contributed by atoms with Crippen LogP contribution in [0.15, 0.2) is 36.5 Å². The Morgan fingerprint density at radius 2 is 0.787 bits per heavy atom. The van der Waals surface area contributed by atoms with Crippen molar-refractivity contribution in [3.8, 4) is 0 Å². The number of nitrogens with one attached hydrogen (secondary N) is 1. The van der Waals surface area contributed by atoms with Crippen LogP contribution in [0.4, 0.5) is 0 Å². The lowest BCUT2D eigenvalue weighted by molar-refractivity contribution is -0.143. The Morgan fingerprint density at radius 1 is 0.443 bits per heavy atom. The van der Waals surface area contributed by atoms with Crippen LogP contribution in [-0.4, -0.2) is 47.4 Å². The topological polar surface area (TPSA) is 95.9 Å². The minimum absolute atomic E-state index is 0.000137. The third-order valence-electron chi connectivity index (χ3n) is 12.1. The van der Waals surface area contributed by atoms with E-state index in [1.165, 1.54) is 205 Å². The van der Waals surface area contributed by atoms with Crippen LogP contribution in [0.5, 0.6) is 0 Å². The fourth-order valence-corrected chi connectivity index (χ4v) is 7.96. The van der Waals surface area contributed by atoms with Crippen molar-refractivity contribution in [2.75, 3.05) is 13.2 Å². The second-order valence-electron chi connectivity index (χ2n) is 18.2. The van der Waals surface area contributed by atoms with Crippen LogP contribution < -0.4 is 5.32 Å². The summed E-state index contributed by atoms with van der Waals surface area (Å²) >= 11 is 0. The number of aliphatic hydroxyl groups is 2. The zero-order valence-electron chi connectivity index (χ0n) is 40.6. The molecule has 6 heteroatoms. The molecule has 0 aliphatic rings. The molecular formula is C55H103NO5. The number of hydrogen-bond donors (Lipinski definition) is 3. The van der Waals surface area contributed by atoms with Crippen LogP contribution in [0.2, 0.25) is 0 Å². The third kappa shape index (κ3) is 47.4. The largest absolute Gasteiger partial charge is 0.466 e. The fourth-order valence-electron chi connectivity index (χ4n) is 7.96. The van der Waals surface area contributed by atoms with Crippen molar-refractivity contribution in [1.29, 1.82) is 0 Å². The van der Waals surface area contributed by atoms with Crippen molar-refractivity contribution in [2.45, 2.75) is 289 Å². The van der Waals surface area contributed by atoms with E-state index in [4.69, 9.17) is 4.74 Å². The zero-order chi connectivity index (χ0) is 44.4. The number of carbonyl (C=O) groups excluding carboxylic acids is 2. The fraction of sp³-hybridized carbons (Fsp3) is 0.855. The van der Waals surface area contributed by atoms with Crippen LogP contribution in [0.1, 0.15) is 277 Å². The number of amides is 1. The van der Waals surface area contributed by atoms with Crippen LogP contribution in [0, 0.1) is 0 Å². The van der Waals surface area contributed by atoms with Crippen LogP contribution in [0.3, 0.4) is 0 Å². The van der Waals surface area contributed by atoms with Crippen LogP contribution in [0.25, 0.3) is 0 Å². The van der Waals surface area contributed by atoms with Crippen LogP contribution >= 0.6 is 0 Å². The highest BCUT2D eigenvalue weighted by Gasteiger charge is 2.18. The molecule has 0 aromatic carbocycles. The van der Waals surface area contributed by atoms with E-state index in [1.54, 1.807) is 6.08 Å². The first-order chi connectivity index (χ1) is 30.0. The van der Waals surface area contributed by atoms with Gasteiger partial charge in [-0.1, -0.05) is 224 Å². The van der Waals surface area contributed by atoms with Gasteiger partial charge in [0.05, 0.1) is 25.4 Å². The van der Waals surface area contributed by atoms with Gasteiger partial charge in [0.15, 0.2) is 0 Å². The molecular weight excluding hydrogens is 755 g/mol. The van der Waals surface area contributed by atoms with Gasteiger partial charge in [-0.2, -0.15) is 0 Å². The summed E-state index contributed by atoms with van der Waals surface area (Å²) in [4.78, 5) is 24.3. The molecule has 0 saturated carbocycles. The number of hydrogen-bond acceptors (Lipinski definition) is 5. The monoisotopic (exact) mass is 858 g/mol. The van der Waals surface area contributed by atoms with Gasteiger partial charge >= 0.3 is 5.97 Å². The first kappa shape index (κ1) is 59.1. The van der Waals surface area contributed by atoms with Gasteiger partial charge in [0.25, 0.3) is 0 Å². The number of allylic oxidation sites excluding steroid dienone is 5. The molecule has 0 radical (unpaired) electrons. The lowest BCUT2D eigenvalue weighted by Gasteiger charge is -2.20. The smallest absolute Gasteiger partial charge is 0.305 e. The predicted octanol–water partition coefficient (Wildman–Crippen LogP) is 16.1. The maximum absolute atomic E-state index is 12.4.